The number of rotatable bonds is 6. The van der Waals surface area contributed by atoms with Gasteiger partial charge < -0.3 is 15.0 Å². The SMILES string of the molecule is COc1ccc([C@@H](C)NC(=O)C(C#N)c2nc3ccccc3nc2N2CCCCCC2)cc1. The van der Waals surface area contributed by atoms with E-state index in [0.717, 1.165) is 42.8 Å². The number of para-hydroxylation sites is 2. The van der Waals surface area contributed by atoms with Crippen molar-refractivity contribution >= 4 is 22.8 Å². The first kappa shape index (κ1) is 22.5. The lowest BCUT2D eigenvalue weighted by Crippen LogP contribution is -2.34. The van der Waals surface area contributed by atoms with Gasteiger partial charge in [0.25, 0.3) is 0 Å². The molecule has 1 saturated heterocycles. The lowest BCUT2D eigenvalue weighted by atomic mass is 10.0. The van der Waals surface area contributed by atoms with Crippen molar-refractivity contribution in [3.8, 4) is 11.8 Å². The summed E-state index contributed by atoms with van der Waals surface area (Å²) >= 11 is 0. The molecule has 1 aliphatic heterocycles. The first-order valence-electron chi connectivity index (χ1n) is 11.5. The van der Waals surface area contributed by atoms with Crippen LogP contribution in [0.5, 0.6) is 5.75 Å². The molecule has 7 heteroatoms. The molecular weight excluding hydrogens is 414 g/mol. The van der Waals surface area contributed by atoms with E-state index >= 15 is 0 Å². The Morgan fingerprint density at radius 1 is 1.03 bits per heavy atom. The van der Waals surface area contributed by atoms with Gasteiger partial charge in [0.2, 0.25) is 5.91 Å². The van der Waals surface area contributed by atoms with Gasteiger partial charge in [0, 0.05) is 13.1 Å². The number of ether oxygens (including phenoxy) is 1. The highest BCUT2D eigenvalue weighted by Gasteiger charge is 2.30. The second-order valence-corrected chi connectivity index (χ2v) is 8.39. The number of hydrogen-bond acceptors (Lipinski definition) is 6. The number of hydrogen-bond donors (Lipinski definition) is 1. The third kappa shape index (κ3) is 5.06. The highest BCUT2D eigenvalue weighted by atomic mass is 16.5. The standard InChI is InChI=1S/C26H29N5O2/c1-18(19-11-13-20(33-2)14-12-19)28-26(32)21(17-27)24-25(31-15-7-3-4-8-16-31)30-23-10-6-5-9-22(23)29-24/h5-6,9-14,18,21H,3-4,7-8,15-16H2,1-2H3,(H,28,32)/t18-,21?/m1/s1. The van der Waals surface area contributed by atoms with E-state index in [9.17, 15) is 10.1 Å². The van der Waals surface area contributed by atoms with Gasteiger partial charge >= 0.3 is 0 Å². The van der Waals surface area contributed by atoms with Gasteiger partial charge in [-0.15, -0.1) is 0 Å². The van der Waals surface area contributed by atoms with Gasteiger partial charge in [-0.1, -0.05) is 37.1 Å². The van der Waals surface area contributed by atoms with Gasteiger partial charge in [-0.05, 0) is 49.6 Å². The monoisotopic (exact) mass is 443 g/mol. The molecule has 0 bridgehead atoms. The van der Waals surface area contributed by atoms with Crippen LogP contribution in [0.25, 0.3) is 11.0 Å². The molecule has 0 saturated carbocycles. The van der Waals surface area contributed by atoms with Crippen molar-refractivity contribution in [1.29, 1.82) is 5.26 Å². The summed E-state index contributed by atoms with van der Waals surface area (Å²) in [6, 6.07) is 17.0. The number of fused-ring (bicyclic) bond motifs is 1. The molecule has 170 valence electrons. The lowest BCUT2D eigenvalue weighted by molar-refractivity contribution is -0.122. The Hall–Kier alpha value is -3.66. The summed E-state index contributed by atoms with van der Waals surface area (Å²) in [5.41, 5.74) is 2.81. The molecule has 1 amide bonds. The minimum absolute atomic E-state index is 0.269. The molecule has 0 aliphatic carbocycles. The van der Waals surface area contributed by atoms with Crippen molar-refractivity contribution in [1.82, 2.24) is 15.3 Å². The number of nitriles is 1. The Morgan fingerprint density at radius 2 is 1.67 bits per heavy atom. The fourth-order valence-electron chi connectivity index (χ4n) is 4.23. The summed E-state index contributed by atoms with van der Waals surface area (Å²) in [6.07, 6.45) is 4.47. The number of carbonyl (C=O) groups excluding carboxylic acids is 1. The maximum Gasteiger partial charge on any atom is 0.244 e. The lowest BCUT2D eigenvalue weighted by Gasteiger charge is -2.25. The number of amides is 1. The van der Waals surface area contributed by atoms with E-state index in [4.69, 9.17) is 14.7 Å². The fourth-order valence-corrected chi connectivity index (χ4v) is 4.23. The quantitative estimate of drug-likeness (QED) is 0.603. The normalized spacial score (nSPS) is 15.8. The van der Waals surface area contributed by atoms with Crippen molar-refractivity contribution in [2.24, 2.45) is 0 Å². The molecule has 3 aromatic rings. The average Bonchev–Trinajstić information content (AvgIpc) is 3.13. The molecular formula is C26H29N5O2. The van der Waals surface area contributed by atoms with E-state index in [0.29, 0.717) is 17.0 Å². The largest absolute Gasteiger partial charge is 0.497 e. The van der Waals surface area contributed by atoms with Crippen molar-refractivity contribution in [2.75, 3.05) is 25.1 Å². The van der Waals surface area contributed by atoms with Crippen molar-refractivity contribution in [2.45, 2.75) is 44.6 Å². The molecule has 4 rings (SSSR count). The maximum atomic E-state index is 13.3. The van der Waals surface area contributed by atoms with Crippen LogP contribution in [0.1, 0.15) is 55.8 Å². The molecule has 2 heterocycles. The van der Waals surface area contributed by atoms with Gasteiger partial charge in [-0.3, -0.25) is 4.79 Å². The van der Waals surface area contributed by atoms with Crippen LogP contribution in [-0.4, -0.2) is 36.1 Å². The van der Waals surface area contributed by atoms with Crippen molar-refractivity contribution < 1.29 is 9.53 Å². The number of nitrogens with one attached hydrogen (secondary N) is 1. The minimum atomic E-state index is -1.05. The third-order valence-electron chi connectivity index (χ3n) is 6.12. The Morgan fingerprint density at radius 3 is 2.27 bits per heavy atom. The molecule has 0 spiro atoms. The van der Waals surface area contributed by atoms with Crippen LogP contribution in [0.2, 0.25) is 0 Å². The maximum absolute atomic E-state index is 13.3. The number of carbonyl (C=O) groups is 1. The van der Waals surface area contributed by atoms with Crippen molar-refractivity contribution in [3.63, 3.8) is 0 Å². The summed E-state index contributed by atoms with van der Waals surface area (Å²) in [5, 5.41) is 13.0. The highest BCUT2D eigenvalue weighted by molar-refractivity contribution is 5.89. The molecule has 1 fully saturated rings. The Kier molecular flexibility index (Phi) is 7.04. The van der Waals surface area contributed by atoms with E-state index < -0.39 is 5.92 Å². The summed E-state index contributed by atoms with van der Waals surface area (Å²) in [6.45, 7) is 3.60. The van der Waals surface area contributed by atoms with Gasteiger partial charge in [-0.2, -0.15) is 5.26 Å². The van der Waals surface area contributed by atoms with E-state index in [-0.39, 0.29) is 11.9 Å². The van der Waals surface area contributed by atoms with Crippen LogP contribution in [0.3, 0.4) is 0 Å². The van der Waals surface area contributed by atoms with Crippen LogP contribution >= 0.6 is 0 Å². The molecule has 1 aromatic heterocycles. The summed E-state index contributed by atoms with van der Waals surface area (Å²) in [5.74, 6) is -0.0300. The summed E-state index contributed by atoms with van der Waals surface area (Å²) < 4.78 is 5.21. The Labute approximate surface area is 194 Å². The Bertz CT molecular complexity index is 1150. The first-order valence-corrected chi connectivity index (χ1v) is 11.5. The van der Waals surface area contributed by atoms with E-state index in [1.165, 1.54) is 12.8 Å². The molecule has 1 unspecified atom stereocenters. The van der Waals surface area contributed by atoms with Crippen LogP contribution in [0, 0.1) is 11.3 Å². The second-order valence-electron chi connectivity index (χ2n) is 8.39. The molecule has 33 heavy (non-hydrogen) atoms. The molecule has 7 nitrogen and oxygen atoms in total. The van der Waals surface area contributed by atoms with E-state index in [1.54, 1.807) is 7.11 Å². The highest BCUT2D eigenvalue weighted by Crippen LogP contribution is 2.29. The van der Waals surface area contributed by atoms with E-state index in [1.807, 2.05) is 55.5 Å². The predicted molar refractivity (Wildman–Crippen MR) is 128 cm³/mol. The van der Waals surface area contributed by atoms with Gasteiger partial charge in [0.1, 0.15) is 11.4 Å². The smallest absolute Gasteiger partial charge is 0.244 e. The molecule has 2 aromatic carbocycles. The molecule has 0 radical (unpaired) electrons. The number of anilines is 1. The molecule has 1 aliphatic rings. The molecule has 2 atom stereocenters. The van der Waals surface area contributed by atoms with Crippen LogP contribution in [-0.2, 0) is 4.79 Å². The third-order valence-corrected chi connectivity index (χ3v) is 6.12. The average molecular weight is 444 g/mol. The summed E-state index contributed by atoms with van der Waals surface area (Å²) in [7, 11) is 1.62. The number of methoxy groups -OCH3 is 1. The zero-order valence-corrected chi connectivity index (χ0v) is 19.1. The Balaban J connectivity index is 1.66. The predicted octanol–water partition coefficient (Wildman–Crippen LogP) is 4.50. The van der Waals surface area contributed by atoms with Crippen LogP contribution in [0.4, 0.5) is 5.82 Å². The van der Waals surface area contributed by atoms with Crippen molar-refractivity contribution in [3.05, 3.63) is 59.8 Å². The minimum Gasteiger partial charge on any atom is -0.497 e. The fraction of sp³-hybridized carbons (Fsp3) is 0.385. The van der Waals surface area contributed by atoms with Gasteiger partial charge in [0.05, 0.1) is 30.3 Å². The summed E-state index contributed by atoms with van der Waals surface area (Å²) in [4.78, 5) is 25.1. The van der Waals surface area contributed by atoms with Crippen LogP contribution < -0.4 is 15.0 Å². The molecule has 1 N–H and O–H groups in total. The number of aromatic nitrogens is 2. The first-order chi connectivity index (χ1) is 16.1. The van der Waals surface area contributed by atoms with Gasteiger partial charge in [0.15, 0.2) is 11.7 Å². The second kappa shape index (κ2) is 10.3. The van der Waals surface area contributed by atoms with E-state index in [2.05, 4.69) is 16.3 Å². The number of benzene rings is 2. The topological polar surface area (TPSA) is 91.1 Å². The van der Waals surface area contributed by atoms with Crippen LogP contribution in [0.15, 0.2) is 48.5 Å². The number of nitrogens with zero attached hydrogens (tertiary/aromatic N) is 4. The zero-order valence-electron chi connectivity index (χ0n) is 19.1. The zero-order chi connectivity index (χ0) is 23.2. The van der Waals surface area contributed by atoms with Gasteiger partial charge in [-0.25, -0.2) is 9.97 Å².